The molecule has 2 N–H and O–H groups in total. The minimum Gasteiger partial charge on any atom is -0.494 e. The third kappa shape index (κ3) is 3.73. The largest absolute Gasteiger partial charge is 0.494 e. The molecule has 0 aliphatic heterocycles. The molecule has 0 aliphatic carbocycles. The highest BCUT2D eigenvalue weighted by Crippen LogP contribution is 2.12. The predicted octanol–water partition coefficient (Wildman–Crippen LogP) is 1.24. The van der Waals surface area contributed by atoms with E-state index in [9.17, 15) is 14.0 Å². The van der Waals surface area contributed by atoms with Crippen LogP contribution < -0.4 is 10.1 Å². The van der Waals surface area contributed by atoms with Gasteiger partial charge in [-0.15, -0.1) is 0 Å². The lowest BCUT2D eigenvalue weighted by molar-refractivity contribution is -0.139. The summed E-state index contributed by atoms with van der Waals surface area (Å²) in [4.78, 5) is 22.2. The normalized spacial score (nSPS) is 11.7. The van der Waals surface area contributed by atoms with Gasteiger partial charge in [-0.05, 0) is 31.2 Å². The molecule has 1 amide bonds. The fourth-order valence-electron chi connectivity index (χ4n) is 1.28. The molecule has 0 aromatic heterocycles. The second-order valence-corrected chi connectivity index (χ2v) is 3.48. The van der Waals surface area contributed by atoms with Crippen molar-refractivity contribution in [2.45, 2.75) is 13.0 Å². The van der Waals surface area contributed by atoms with E-state index >= 15 is 0 Å². The molecule has 18 heavy (non-hydrogen) atoms. The number of hydrogen-bond acceptors (Lipinski definition) is 3. The van der Waals surface area contributed by atoms with E-state index in [1.165, 1.54) is 12.1 Å². The Morgan fingerprint density at radius 1 is 1.39 bits per heavy atom. The van der Waals surface area contributed by atoms with Gasteiger partial charge in [-0.25, -0.2) is 9.18 Å². The van der Waals surface area contributed by atoms with Crippen molar-refractivity contribution in [1.82, 2.24) is 5.32 Å². The van der Waals surface area contributed by atoms with Gasteiger partial charge in [0.15, 0.2) is 6.04 Å². The summed E-state index contributed by atoms with van der Waals surface area (Å²) >= 11 is 0. The van der Waals surface area contributed by atoms with E-state index in [0.29, 0.717) is 12.4 Å². The predicted molar refractivity (Wildman–Crippen MR) is 62.5 cm³/mol. The molecule has 0 fully saturated rings. The minimum atomic E-state index is -1.52. The quantitative estimate of drug-likeness (QED) is 0.801. The Hall–Kier alpha value is -2.11. The van der Waals surface area contributed by atoms with E-state index in [0.717, 1.165) is 0 Å². The first-order valence-electron chi connectivity index (χ1n) is 5.41. The molecule has 0 radical (unpaired) electrons. The van der Waals surface area contributed by atoms with E-state index in [2.05, 4.69) is 5.32 Å². The van der Waals surface area contributed by atoms with Crippen molar-refractivity contribution in [3.05, 3.63) is 29.8 Å². The number of hydrogen-bond donors (Lipinski definition) is 2. The SMILES string of the molecule is CCOc1ccc(C(=O)NC(CF)C(=O)O)cc1. The van der Waals surface area contributed by atoms with Crippen LogP contribution in [0, 0.1) is 0 Å². The summed E-state index contributed by atoms with van der Waals surface area (Å²) in [6, 6.07) is 4.62. The number of carbonyl (C=O) groups excluding carboxylic acids is 1. The molecule has 1 atom stereocenters. The van der Waals surface area contributed by atoms with Crippen molar-refractivity contribution < 1.29 is 23.8 Å². The minimum absolute atomic E-state index is 0.248. The molecule has 1 aromatic rings. The Labute approximate surface area is 104 Å². The number of halogens is 1. The highest BCUT2D eigenvalue weighted by atomic mass is 19.1. The van der Waals surface area contributed by atoms with E-state index in [-0.39, 0.29) is 5.56 Å². The van der Waals surface area contributed by atoms with Gasteiger partial charge >= 0.3 is 5.97 Å². The Morgan fingerprint density at radius 2 is 2.00 bits per heavy atom. The summed E-state index contributed by atoms with van der Waals surface area (Å²) in [5, 5.41) is 10.7. The number of aliphatic carboxylic acids is 1. The van der Waals surface area contributed by atoms with E-state index in [1.54, 1.807) is 12.1 Å². The Kier molecular flexibility index (Phi) is 5.10. The molecule has 0 saturated heterocycles. The fourth-order valence-corrected chi connectivity index (χ4v) is 1.28. The number of carbonyl (C=O) groups is 2. The van der Waals surface area contributed by atoms with Crippen LogP contribution >= 0.6 is 0 Å². The summed E-state index contributed by atoms with van der Waals surface area (Å²) in [5.74, 6) is -1.44. The van der Waals surface area contributed by atoms with Gasteiger partial charge in [0.05, 0.1) is 6.61 Å². The third-order valence-corrected chi connectivity index (χ3v) is 2.19. The average molecular weight is 255 g/mol. The number of nitrogens with one attached hydrogen (secondary N) is 1. The molecular formula is C12H14FNO4. The van der Waals surface area contributed by atoms with Crippen LogP contribution in [0.2, 0.25) is 0 Å². The number of amides is 1. The maximum absolute atomic E-state index is 12.3. The van der Waals surface area contributed by atoms with Crippen molar-refractivity contribution in [3.63, 3.8) is 0 Å². The Bertz CT molecular complexity index is 419. The Balaban J connectivity index is 2.69. The molecule has 1 aromatic carbocycles. The van der Waals surface area contributed by atoms with Crippen LogP contribution in [0.4, 0.5) is 4.39 Å². The summed E-state index contributed by atoms with van der Waals surface area (Å²) in [7, 11) is 0. The van der Waals surface area contributed by atoms with Crippen LogP contribution in [-0.4, -0.2) is 36.3 Å². The summed E-state index contributed by atoms with van der Waals surface area (Å²) in [6.45, 7) is 1.19. The lowest BCUT2D eigenvalue weighted by atomic mass is 10.2. The van der Waals surface area contributed by atoms with Crippen molar-refractivity contribution in [3.8, 4) is 5.75 Å². The first kappa shape index (κ1) is 14.0. The van der Waals surface area contributed by atoms with Crippen LogP contribution in [0.15, 0.2) is 24.3 Å². The number of carboxylic acids is 1. The van der Waals surface area contributed by atoms with Crippen LogP contribution in [0.1, 0.15) is 17.3 Å². The molecule has 0 spiro atoms. The average Bonchev–Trinajstić information content (AvgIpc) is 2.36. The van der Waals surface area contributed by atoms with Gasteiger partial charge in [0.2, 0.25) is 0 Å². The molecule has 0 aliphatic rings. The van der Waals surface area contributed by atoms with Crippen LogP contribution in [-0.2, 0) is 4.79 Å². The van der Waals surface area contributed by atoms with Gasteiger partial charge in [0.1, 0.15) is 12.4 Å². The van der Waals surface area contributed by atoms with Crippen LogP contribution in [0.3, 0.4) is 0 Å². The lowest BCUT2D eigenvalue weighted by Gasteiger charge is -2.11. The zero-order valence-electron chi connectivity index (χ0n) is 9.85. The maximum atomic E-state index is 12.3. The molecule has 5 nitrogen and oxygen atoms in total. The molecule has 98 valence electrons. The zero-order chi connectivity index (χ0) is 13.5. The number of alkyl halides is 1. The van der Waals surface area contributed by atoms with Gasteiger partial charge < -0.3 is 15.2 Å². The molecule has 1 unspecified atom stereocenters. The molecule has 6 heteroatoms. The van der Waals surface area contributed by atoms with Gasteiger partial charge in [0, 0.05) is 5.56 Å². The number of rotatable bonds is 6. The number of benzene rings is 1. The van der Waals surface area contributed by atoms with Gasteiger partial charge in [0.25, 0.3) is 5.91 Å². The van der Waals surface area contributed by atoms with Crippen molar-refractivity contribution in [2.75, 3.05) is 13.3 Å². The number of carboxylic acid groups (broad SMARTS) is 1. The van der Waals surface area contributed by atoms with Crippen LogP contribution in [0.5, 0.6) is 5.75 Å². The first-order valence-corrected chi connectivity index (χ1v) is 5.41. The van der Waals surface area contributed by atoms with E-state index in [1.807, 2.05) is 6.92 Å². The van der Waals surface area contributed by atoms with Gasteiger partial charge in [-0.3, -0.25) is 4.79 Å². The van der Waals surface area contributed by atoms with E-state index < -0.39 is 24.6 Å². The van der Waals surface area contributed by atoms with Crippen molar-refractivity contribution >= 4 is 11.9 Å². The summed E-state index contributed by atoms with van der Waals surface area (Å²) in [6.07, 6.45) is 0. The molecule has 0 heterocycles. The van der Waals surface area contributed by atoms with Gasteiger partial charge in [-0.1, -0.05) is 0 Å². The topological polar surface area (TPSA) is 75.6 Å². The third-order valence-electron chi connectivity index (χ3n) is 2.19. The molecular weight excluding hydrogens is 241 g/mol. The smallest absolute Gasteiger partial charge is 0.328 e. The molecule has 1 rings (SSSR count). The standard InChI is InChI=1S/C12H14FNO4/c1-2-18-9-5-3-8(4-6-9)11(15)14-10(7-13)12(16)17/h3-6,10H,2,7H2,1H3,(H,14,15)(H,16,17). The molecule has 0 saturated carbocycles. The van der Waals surface area contributed by atoms with E-state index in [4.69, 9.17) is 9.84 Å². The Morgan fingerprint density at radius 3 is 2.44 bits per heavy atom. The highest BCUT2D eigenvalue weighted by molar-refractivity contribution is 5.96. The zero-order valence-corrected chi connectivity index (χ0v) is 9.85. The monoisotopic (exact) mass is 255 g/mol. The highest BCUT2D eigenvalue weighted by Gasteiger charge is 2.20. The molecule has 0 bridgehead atoms. The van der Waals surface area contributed by atoms with Crippen LogP contribution in [0.25, 0.3) is 0 Å². The van der Waals surface area contributed by atoms with Gasteiger partial charge in [-0.2, -0.15) is 0 Å². The summed E-state index contributed by atoms with van der Waals surface area (Å²) < 4.78 is 17.5. The van der Waals surface area contributed by atoms with Crippen molar-refractivity contribution in [2.24, 2.45) is 0 Å². The summed E-state index contributed by atoms with van der Waals surface area (Å²) in [5.41, 5.74) is 0.248. The lowest BCUT2D eigenvalue weighted by Crippen LogP contribution is -2.42. The second-order valence-electron chi connectivity index (χ2n) is 3.48. The number of ether oxygens (including phenoxy) is 1. The van der Waals surface area contributed by atoms with Crippen molar-refractivity contribution in [1.29, 1.82) is 0 Å². The fraction of sp³-hybridized carbons (Fsp3) is 0.333. The maximum Gasteiger partial charge on any atom is 0.328 e. The first-order chi connectivity index (χ1) is 8.58. The second kappa shape index (κ2) is 6.58.